The first kappa shape index (κ1) is 14.8. The van der Waals surface area contributed by atoms with Crippen LogP contribution in [0.2, 0.25) is 0 Å². The van der Waals surface area contributed by atoms with Gasteiger partial charge in [-0.25, -0.2) is 4.39 Å². The van der Waals surface area contributed by atoms with E-state index in [0.717, 1.165) is 18.8 Å². The Kier molecular flexibility index (Phi) is 4.30. The summed E-state index contributed by atoms with van der Waals surface area (Å²) in [6, 6.07) is 1.84. The van der Waals surface area contributed by atoms with Gasteiger partial charge in [0, 0.05) is 6.54 Å². The van der Waals surface area contributed by atoms with Crippen LogP contribution in [0.15, 0.2) is 18.2 Å². The highest BCUT2D eigenvalue weighted by molar-refractivity contribution is 5.94. The maximum Gasteiger partial charge on any atom is 0.416 e. The molecule has 0 atom stereocenters. The van der Waals surface area contributed by atoms with E-state index < -0.39 is 29.0 Å². The molecule has 0 radical (unpaired) electrons. The van der Waals surface area contributed by atoms with Crippen molar-refractivity contribution < 1.29 is 22.4 Å². The molecule has 0 aromatic heterocycles. The molecule has 0 bridgehead atoms. The van der Waals surface area contributed by atoms with Gasteiger partial charge in [-0.1, -0.05) is 12.8 Å². The van der Waals surface area contributed by atoms with Crippen molar-refractivity contribution in [2.45, 2.75) is 31.9 Å². The van der Waals surface area contributed by atoms with Crippen molar-refractivity contribution in [3.63, 3.8) is 0 Å². The van der Waals surface area contributed by atoms with Crippen LogP contribution in [0.1, 0.15) is 41.6 Å². The molecule has 1 aliphatic carbocycles. The van der Waals surface area contributed by atoms with Crippen LogP contribution in [0.3, 0.4) is 0 Å². The van der Waals surface area contributed by atoms with Crippen LogP contribution >= 0.6 is 0 Å². The molecule has 1 N–H and O–H groups in total. The molecule has 1 aromatic rings. The largest absolute Gasteiger partial charge is 0.416 e. The Morgan fingerprint density at radius 1 is 1.30 bits per heavy atom. The molecule has 20 heavy (non-hydrogen) atoms. The fraction of sp³-hybridized carbons (Fsp3) is 0.500. The smallest absolute Gasteiger partial charge is 0.352 e. The number of halogens is 4. The van der Waals surface area contributed by atoms with Crippen molar-refractivity contribution in [3.8, 4) is 0 Å². The van der Waals surface area contributed by atoms with Crippen molar-refractivity contribution >= 4 is 5.91 Å². The van der Waals surface area contributed by atoms with Gasteiger partial charge in [0.05, 0.1) is 11.1 Å². The molecule has 0 heterocycles. The molecule has 1 aromatic carbocycles. The quantitative estimate of drug-likeness (QED) is 0.649. The second kappa shape index (κ2) is 5.81. The molecule has 0 spiro atoms. The van der Waals surface area contributed by atoms with E-state index in [0.29, 0.717) is 24.7 Å². The number of amides is 1. The Balaban J connectivity index is 1.96. The molecule has 1 saturated carbocycles. The van der Waals surface area contributed by atoms with Gasteiger partial charge >= 0.3 is 6.18 Å². The molecular weight excluding hydrogens is 274 g/mol. The van der Waals surface area contributed by atoms with Crippen molar-refractivity contribution in [3.05, 3.63) is 35.1 Å². The number of rotatable bonds is 5. The van der Waals surface area contributed by atoms with E-state index in [9.17, 15) is 22.4 Å². The van der Waals surface area contributed by atoms with Gasteiger partial charge < -0.3 is 5.32 Å². The van der Waals surface area contributed by atoms with Gasteiger partial charge in [0.25, 0.3) is 5.91 Å². The topological polar surface area (TPSA) is 29.1 Å². The number of carbonyl (C=O) groups excluding carboxylic acids is 1. The number of benzene rings is 1. The third kappa shape index (κ3) is 3.95. The predicted molar refractivity (Wildman–Crippen MR) is 65.7 cm³/mol. The molecule has 0 unspecified atom stereocenters. The Morgan fingerprint density at radius 3 is 2.60 bits per heavy atom. The summed E-state index contributed by atoms with van der Waals surface area (Å²) in [5, 5.41) is 2.46. The second-order valence-electron chi connectivity index (χ2n) is 5.03. The van der Waals surface area contributed by atoms with E-state index in [2.05, 4.69) is 5.32 Å². The monoisotopic (exact) mass is 289 g/mol. The van der Waals surface area contributed by atoms with E-state index in [1.54, 1.807) is 0 Å². The van der Waals surface area contributed by atoms with E-state index in [4.69, 9.17) is 0 Å². The van der Waals surface area contributed by atoms with Crippen molar-refractivity contribution in [2.24, 2.45) is 5.92 Å². The number of hydrogen-bond donors (Lipinski definition) is 1. The molecule has 2 rings (SSSR count). The molecule has 1 aliphatic rings. The zero-order valence-corrected chi connectivity index (χ0v) is 10.8. The number of alkyl halides is 3. The summed E-state index contributed by atoms with van der Waals surface area (Å²) in [5.74, 6) is -1.03. The first-order chi connectivity index (χ1) is 9.38. The third-order valence-electron chi connectivity index (χ3n) is 3.31. The average molecular weight is 289 g/mol. The Labute approximate surface area is 114 Å². The van der Waals surface area contributed by atoms with Crippen LogP contribution in [-0.2, 0) is 6.18 Å². The van der Waals surface area contributed by atoms with E-state index in [-0.39, 0.29) is 0 Å². The van der Waals surface area contributed by atoms with Gasteiger partial charge in [-0.05, 0) is 37.0 Å². The van der Waals surface area contributed by atoms with Crippen LogP contribution in [0.5, 0.6) is 0 Å². The molecular formula is C14H15F4NO. The molecule has 1 fully saturated rings. The predicted octanol–water partition coefficient (Wildman–Crippen LogP) is 3.76. The van der Waals surface area contributed by atoms with Gasteiger partial charge in [-0.3, -0.25) is 4.79 Å². The van der Waals surface area contributed by atoms with E-state index >= 15 is 0 Å². The highest BCUT2D eigenvalue weighted by Gasteiger charge is 2.31. The zero-order valence-electron chi connectivity index (χ0n) is 10.8. The lowest BCUT2D eigenvalue weighted by Gasteiger charge is -2.10. The van der Waals surface area contributed by atoms with Gasteiger partial charge in [0.1, 0.15) is 5.82 Å². The second-order valence-corrected chi connectivity index (χ2v) is 5.03. The highest BCUT2D eigenvalue weighted by Crippen LogP contribution is 2.33. The SMILES string of the molecule is O=C(NCCCC1CC1)c1cc(C(F)(F)F)ccc1F. The Bertz CT molecular complexity index is 494. The first-order valence-corrected chi connectivity index (χ1v) is 6.53. The lowest BCUT2D eigenvalue weighted by atomic mass is 10.1. The van der Waals surface area contributed by atoms with Crippen LogP contribution in [-0.4, -0.2) is 12.5 Å². The molecule has 1 amide bonds. The summed E-state index contributed by atoms with van der Waals surface area (Å²) in [6.07, 6.45) is -0.427. The lowest BCUT2D eigenvalue weighted by molar-refractivity contribution is -0.137. The standard InChI is InChI=1S/C14H15F4NO/c15-12-6-5-10(14(16,17)18)8-11(12)13(20)19-7-1-2-9-3-4-9/h5-6,8-9H,1-4,7H2,(H,19,20). The summed E-state index contributed by atoms with van der Waals surface area (Å²) in [4.78, 5) is 11.7. The number of hydrogen-bond acceptors (Lipinski definition) is 1. The third-order valence-corrected chi connectivity index (χ3v) is 3.31. The summed E-state index contributed by atoms with van der Waals surface area (Å²) < 4.78 is 51.0. The summed E-state index contributed by atoms with van der Waals surface area (Å²) >= 11 is 0. The molecule has 0 saturated heterocycles. The Hall–Kier alpha value is -1.59. The van der Waals surface area contributed by atoms with Gasteiger partial charge in [0.15, 0.2) is 0 Å². The Morgan fingerprint density at radius 2 is 2.00 bits per heavy atom. The normalized spacial score (nSPS) is 15.2. The lowest BCUT2D eigenvalue weighted by Crippen LogP contribution is -2.26. The van der Waals surface area contributed by atoms with Crippen LogP contribution in [0.25, 0.3) is 0 Å². The van der Waals surface area contributed by atoms with Crippen molar-refractivity contribution in [1.29, 1.82) is 0 Å². The molecule has 0 aliphatic heterocycles. The number of nitrogens with one attached hydrogen (secondary N) is 1. The summed E-state index contributed by atoms with van der Waals surface area (Å²) in [5.41, 5.74) is -1.59. The minimum absolute atomic E-state index is 0.352. The maximum atomic E-state index is 13.4. The first-order valence-electron chi connectivity index (χ1n) is 6.53. The van der Waals surface area contributed by atoms with Crippen LogP contribution < -0.4 is 5.32 Å². The van der Waals surface area contributed by atoms with Gasteiger partial charge in [-0.15, -0.1) is 0 Å². The molecule has 2 nitrogen and oxygen atoms in total. The number of carbonyl (C=O) groups is 1. The highest BCUT2D eigenvalue weighted by atomic mass is 19.4. The average Bonchev–Trinajstić information content (AvgIpc) is 3.17. The molecule has 110 valence electrons. The summed E-state index contributed by atoms with van der Waals surface area (Å²) in [7, 11) is 0. The minimum atomic E-state index is -4.59. The van der Waals surface area contributed by atoms with Gasteiger partial charge in [0.2, 0.25) is 0 Å². The van der Waals surface area contributed by atoms with Crippen LogP contribution in [0.4, 0.5) is 17.6 Å². The zero-order chi connectivity index (χ0) is 14.8. The fourth-order valence-electron chi connectivity index (χ4n) is 1.97. The van der Waals surface area contributed by atoms with Crippen molar-refractivity contribution in [2.75, 3.05) is 6.54 Å². The maximum absolute atomic E-state index is 13.4. The van der Waals surface area contributed by atoms with E-state index in [1.165, 1.54) is 12.8 Å². The summed E-state index contributed by atoms with van der Waals surface area (Å²) in [6.45, 7) is 0.352. The van der Waals surface area contributed by atoms with Crippen molar-refractivity contribution in [1.82, 2.24) is 5.32 Å². The van der Waals surface area contributed by atoms with Crippen LogP contribution in [0, 0.1) is 11.7 Å². The van der Waals surface area contributed by atoms with Gasteiger partial charge in [-0.2, -0.15) is 13.2 Å². The molecule has 6 heteroatoms. The van der Waals surface area contributed by atoms with E-state index in [1.807, 2.05) is 0 Å². The minimum Gasteiger partial charge on any atom is -0.352 e. The fourth-order valence-corrected chi connectivity index (χ4v) is 1.97.